The normalized spacial score (nSPS) is 23.2. The number of rotatable bonds is 4. The summed E-state index contributed by atoms with van der Waals surface area (Å²) in [6, 6.07) is 1.94. The molecule has 1 aliphatic heterocycles. The molecule has 2 aromatic heterocycles. The van der Waals surface area contributed by atoms with Gasteiger partial charge >= 0.3 is 0 Å². The van der Waals surface area contributed by atoms with E-state index in [0.717, 1.165) is 37.2 Å². The highest BCUT2D eigenvalue weighted by molar-refractivity contribution is 7.86. The van der Waals surface area contributed by atoms with Gasteiger partial charge in [-0.1, -0.05) is 5.16 Å². The van der Waals surface area contributed by atoms with Crippen molar-refractivity contribution in [2.24, 2.45) is 10.6 Å². The molecule has 25 heavy (non-hydrogen) atoms. The van der Waals surface area contributed by atoms with E-state index in [4.69, 9.17) is 9.66 Å². The minimum Gasteiger partial charge on any atom is -0.332 e. The minimum absolute atomic E-state index is 0.0866. The third kappa shape index (κ3) is 2.87. The zero-order valence-electron chi connectivity index (χ0n) is 14.3. The van der Waals surface area contributed by atoms with Crippen molar-refractivity contribution in [1.29, 1.82) is 0 Å². The molecule has 2 aromatic rings. The SMILES string of the molecule is CCn1nc(C)cc1-c1nc([C@@H]2CC23CCN(S(N)(=O)=O)CC3)no1. The highest BCUT2D eigenvalue weighted by atomic mass is 32.2. The summed E-state index contributed by atoms with van der Waals surface area (Å²) in [6.45, 7) is 5.60. The third-order valence-electron chi connectivity index (χ3n) is 5.44. The van der Waals surface area contributed by atoms with E-state index in [1.165, 1.54) is 4.31 Å². The first kappa shape index (κ1) is 16.7. The molecule has 2 N–H and O–H groups in total. The highest BCUT2D eigenvalue weighted by Crippen LogP contribution is 2.64. The maximum atomic E-state index is 11.4. The van der Waals surface area contributed by atoms with Gasteiger partial charge < -0.3 is 4.52 Å². The second-order valence-corrected chi connectivity index (χ2v) is 8.55. The van der Waals surface area contributed by atoms with Crippen molar-refractivity contribution in [2.75, 3.05) is 13.1 Å². The first-order valence-corrected chi connectivity index (χ1v) is 9.99. The van der Waals surface area contributed by atoms with Gasteiger partial charge in [0.25, 0.3) is 16.1 Å². The monoisotopic (exact) mass is 366 g/mol. The topological polar surface area (TPSA) is 120 Å². The zero-order valence-corrected chi connectivity index (χ0v) is 15.2. The van der Waals surface area contributed by atoms with E-state index in [0.29, 0.717) is 24.8 Å². The van der Waals surface area contributed by atoms with Gasteiger partial charge in [-0.25, -0.2) is 5.14 Å². The molecule has 0 bridgehead atoms. The summed E-state index contributed by atoms with van der Waals surface area (Å²) in [5.74, 6) is 1.42. The number of hydrogen-bond acceptors (Lipinski definition) is 6. The van der Waals surface area contributed by atoms with E-state index in [1.807, 2.05) is 24.6 Å². The molecule has 2 fully saturated rings. The number of aryl methyl sites for hydroxylation is 2. The Kier molecular flexibility index (Phi) is 3.74. The lowest BCUT2D eigenvalue weighted by Crippen LogP contribution is -2.43. The second-order valence-electron chi connectivity index (χ2n) is 7.01. The molecule has 136 valence electrons. The van der Waals surface area contributed by atoms with E-state index in [1.54, 1.807) is 0 Å². The van der Waals surface area contributed by atoms with Gasteiger partial charge in [-0.15, -0.1) is 0 Å². The summed E-state index contributed by atoms with van der Waals surface area (Å²) in [4.78, 5) is 4.59. The van der Waals surface area contributed by atoms with Crippen LogP contribution in [-0.2, 0) is 16.8 Å². The van der Waals surface area contributed by atoms with Crippen LogP contribution < -0.4 is 5.14 Å². The summed E-state index contributed by atoms with van der Waals surface area (Å²) >= 11 is 0. The predicted molar refractivity (Wildman–Crippen MR) is 89.6 cm³/mol. The molecule has 4 rings (SSSR count). The lowest BCUT2D eigenvalue weighted by molar-refractivity contribution is 0.249. The second kappa shape index (κ2) is 5.61. The van der Waals surface area contributed by atoms with E-state index < -0.39 is 10.2 Å². The molecule has 1 saturated carbocycles. The molecular formula is C15H22N6O3S. The number of hydrogen-bond donors (Lipinski definition) is 1. The van der Waals surface area contributed by atoms with Crippen molar-refractivity contribution in [3.8, 4) is 11.6 Å². The maximum Gasteiger partial charge on any atom is 0.276 e. The summed E-state index contributed by atoms with van der Waals surface area (Å²) in [5, 5.41) is 13.8. The molecule has 9 nitrogen and oxygen atoms in total. The fourth-order valence-electron chi connectivity index (χ4n) is 3.89. The van der Waals surface area contributed by atoms with Gasteiger partial charge in [0.15, 0.2) is 5.82 Å². The summed E-state index contributed by atoms with van der Waals surface area (Å²) in [6.07, 6.45) is 2.53. The Hall–Kier alpha value is -1.78. The molecule has 3 heterocycles. The van der Waals surface area contributed by atoms with Gasteiger partial charge in [0, 0.05) is 25.6 Å². The highest BCUT2D eigenvalue weighted by Gasteiger charge is 2.58. The van der Waals surface area contributed by atoms with Crippen LogP contribution >= 0.6 is 0 Å². The Balaban J connectivity index is 1.50. The molecule has 1 atom stereocenters. The Bertz CT molecular complexity index is 894. The average molecular weight is 366 g/mol. The molecule has 2 aliphatic rings. The van der Waals surface area contributed by atoms with E-state index in [-0.39, 0.29) is 11.3 Å². The smallest absolute Gasteiger partial charge is 0.276 e. The third-order valence-corrected chi connectivity index (χ3v) is 6.53. The van der Waals surface area contributed by atoms with Crippen LogP contribution in [0.15, 0.2) is 10.6 Å². The van der Waals surface area contributed by atoms with Crippen molar-refractivity contribution in [2.45, 2.75) is 45.6 Å². The van der Waals surface area contributed by atoms with Gasteiger partial charge in [-0.2, -0.15) is 22.8 Å². The molecular weight excluding hydrogens is 344 g/mol. The minimum atomic E-state index is -3.59. The first-order valence-electron chi connectivity index (χ1n) is 8.49. The van der Waals surface area contributed by atoms with E-state index >= 15 is 0 Å². The molecule has 0 aromatic carbocycles. The Morgan fingerprint density at radius 3 is 2.76 bits per heavy atom. The largest absolute Gasteiger partial charge is 0.332 e. The molecule has 10 heteroatoms. The number of nitrogens with two attached hydrogens (primary N) is 1. The van der Waals surface area contributed by atoms with Gasteiger partial charge in [0.1, 0.15) is 5.69 Å². The van der Waals surface area contributed by atoms with Crippen molar-refractivity contribution in [3.63, 3.8) is 0 Å². The Morgan fingerprint density at radius 2 is 2.12 bits per heavy atom. The van der Waals surface area contributed by atoms with Gasteiger partial charge in [-0.05, 0) is 44.6 Å². The lowest BCUT2D eigenvalue weighted by atomic mass is 9.92. The summed E-state index contributed by atoms with van der Waals surface area (Å²) < 4.78 is 31.6. The van der Waals surface area contributed by atoms with Gasteiger partial charge in [0.05, 0.1) is 5.69 Å². The number of nitrogens with zero attached hydrogens (tertiary/aromatic N) is 5. The Labute approximate surface area is 146 Å². The summed E-state index contributed by atoms with van der Waals surface area (Å²) in [7, 11) is -3.59. The quantitative estimate of drug-likeness (QED) is 0.863. The zero-order chi connectivity index (χ0) is 17.8. The number of piperidine rings is 1. The fourth-order valence-corrected chi connectivity index (χ4v) is 4.58. The maximum absolute atomic E-state index is 11.4. The standard InChI is InChI=1S/C15H22N6O3S/c1-3-21-12(8-10(2)18-21)14-17-13(19-24-14)11-9-15(11)4-6-20(7-5-15)25(16,22)23/h8,11H,3-7,9H2,1-2H3,(H2,16,22,23)/t11-/m0/s1. The molecule has 1 aliphatic carbocycles. The summed E-state index contributed by atoms with van der Waals surface area (Å²) in [5.41, 5.74) is 1.83. The van der Waals surface area contributed by atoms with Gasteiger partial charge in [0.2, 0.25) is 0 Å². The van der Waals surface area contributed by atoms with Crippen LogP contribution in [0.4, 0.5) is 0 Å². The molecule has 1 saturated heterocycles. The van der Waals surface area contributed by atoms with Crippen LogP contribution in [0.2, 0.25) is 0 Å². The van der Waals surface area contributed by atoms with Crippen LogP contribution in [0, 0.1) is 12.3 Å². The van der Waals surface area contributed by atoms with Crippen LogP contribution in [0.5, 0.6) is 0 Å². The van der Waals surface area contributed by atoms with E-state index in [2.05, 4.69) is 15.2 Å². The van der Waals surface area contributed by atoms with Crippen molar-refractivity contribution < 1.29 is 12.9 Å². The predicted octanol–water partition coefficient (Wildman–Crippen LogP) is 1.03. The van der Waals surface area contributed by atoms with Crippen LogP contribution in [0.1, 0.15) is 43.6 Å². The van der Waals surface area contributed by atoms with Crippen molar-refractivity contribution in [3.05, 3.63) is 17.6 Å². The van der Waals surface area contributed by atoms with Crippen LogP contribution in [0.3, 0.4) is 0 Å². The van der Waals surface area contributed by atoms with Crippen LogP contribution in [0.25, 0.3) is 11.6 Å². The van der Waals surface area contributed by atoms with Crippen molar-refractivity contribution >= 4 is 10.2 Å². The van der Waals surface area contributed by atoms with Crippen molar-refractivity contribution in [1.82, 2.24) is 24.2 Å². The van der Waals surface area contributed by atoms with Crippen LogP contribution in [-0.4, -0.2) is 45.7 Å². The van der Waals surface area contributed by atoms with E-state index in [9.17, 15) is 8.42 Å². The molecule has 1 spiro atoms. The molecule has 0 unspecified atom stereocenters. The van der Waals surface area contributed by atoms with Gasteiger partial charge in [-0.3, -0.25) is 4.68 Å². The lowest BCUT2D eigenvalue weighted by Gasteiger charge is -2.30. The Morgan fingerprint density at radius 1 is 1.40 bits per heavy atom. The average Bonchev–Trinajstić information content (AvgIpc) is 2.93. The fraction of sp³-hybridized carbons (Fsp3) is 0.667. The number of aromatic nitrogens is 4. The molecule has 0 amide bonds. The first-order chi connectivity index (χ1) is 11.8. The molecule has 0 radical (unpaired) electrons.